The van der Waals surface area contributed by atoms with Crippen molar-refractivity contribution in [3.8, 4) is 0 Å². The van der Waals surface area contributed by atoms with Gasteiger partial charge < -0.3 is 5.32 Å². The summed E-state index contributed by atoms with van der Waals surface area (Å²) in [5, 5.41) is 11.2. The van der Waals surface area contributed by atoms with Crippen LogP contribution >= 0.6 is 0 Å². The number of carbonyl (C=O) groups excluding carboxylic acids is 3. The molecule has 0 fully saturated rings. The van der Waals surface area contributed by atoms with Crippen LogP contribution in [0.25, 0.3) is 0 Å². The Hall–Kier alpha value is -4.91. The van der Waals surface area contributed by atoms with Crippen molar-refractivity contribution < 1.29 is 14.4 Å². The fraction of sp³-hybridized carbons (Fsp3) is 0.0690. The molecule has 0 unspecified atom stereocenters. The highest BCUT2D eigenvalue weighted by atomic mass is 16.2. The first-order valence-corrected chi connectivity index (χ1v) is 11.4. The van der Waals surface area contributed by atoms with Crippen LogP contribution in [-0.4, -0.2) is 17.7 Å². The molecular weight excluding hydrogens is 452 g/mol. The predicted octanol–water partition coefficient (Wildman–Crippen LogP) is 6.77. The molecule has 0 bridgehead atoms. The molecule has 0 aromatic heterocycles. The molecule has 0 saturated carbocycles. The number of benzene rings is 4. The van der Waals surface area contributed by atoms with Crippen LogP contribution in [0.1, 0.15) is 42.2 Å². The highest BCUT2D eigenvalue weighted by Crippen LogP contribution is 2.30. The number of nitrogens with zero attached hydrogens (tertiary/aromatic N) is 3. The number of rotatable bonds is 5. The van der Waals surface area contributed by atoms with Crippen LogP contribution in [0.3, 0.4) is 0 Å². The van der Waals surface area contributed by atoms with Crippen molar-refractivity contribution in [2.75, 3.05) is 10.2 Å². The van der Waals surface area contributed by atoms with Gasteiger partial charge in [0.1, 0.15) is 0 Å². The minimum Gasteiger partial charge on any atom is -0.322 e. The maximum atomic E-state index is 13.0. The normalized spacial score (nSPS) is 12.8. The molecule has 36 heavy (non-hydrogen) atoms. The smallest absolute Gasteiger partial charge is 0.266 e. The lowest BCUT2D eigenvalue weighted by atomic mass is 10.1. The number of imide groups is 1. The molecule has 0 spiro atoms. The third-order valence-electron chi connectivity index (χ3n) is 5.85. The van der Waals surface area contributed by atoms with E-state index in [9.17, 15) is 14.4 Å². The average molecular weight is 475 g/mol. The molecule has 7 nitrogen and oxygen atoms in total. The van der Waals surface area contributed by atoms with E-state index in [1.807, 2.05) is 44.2 Å². The topological polar surface area (TPSA) is 91.2 Å². The van der Waals surface area contributed by atoms with Gasteiger partial charge in [-0.1, -0.05) is 29.8 Å². The molecule has 1 N–H and O–H groups in total. The molecular formula is C29H22N4O3. The van der Waals surface area contributed by atoms with Crippen molar-refractivity contribution in [2.45, 2.75) is 13.8 Å². The highest BCUT2D eigenvalue weighted by molar-refractivity contribution is 6.34. The number of anilines is 2. The van der Waals surface area contributed by atoms with Crippen LogP contribution in [0.2, 0.25) is 0 Å². The molecule has 3 amide bonds. The SMILES string of the molecule is Cc1ccc(N=Nc2ccc(NC(=O)c3ccc4c(c3)C(=O)N(c3cccc(C)c3)C4=O)cc2)cc1. The van der Waals surface area contributed by atoms with Gasteiger partial charge in [-0.05, 0) is 86.1 Å². The van der Waals surface area contributed by atoms with Crippen LogP contribution in [-0.2, 0) is 0 Å². The molecule has 0 saturated heterocycles. The van der Waals surface area contributed by atoms with E-state index in [1.165, 1.54) is 12.1 Å². The zero-order valence-corrected chi connectivity index (χ0v) is 19.7. The molecule has 4 aromatic carbocycles. The highest BCUT2D eigenvalue weighted by Gasteiger charge is 2.37. The first-order chi connectivity index (χ1) is 17.4. The number of carbonyl (C=O) groups is 3. The molecule has 4 aromatic rings. The largest absolute Gasteiger partial charge is 0.322 e. The number of azo groups is 1. The van der Waals surface area contributed by atoms with Gasteiger partial charge in [-0.25, -0.2) is 4.90 Å². The fourth-order valence-corrected chi connectivity index (χ4v) is 3.93. The third kappa shape index (κ3) is 4.54. The van der Waals surface area contributed by atoms with E-state index in [1.54, 1.807) is 48.5 Å². The van der Waals surface area contributed by atoms with Crippen molar-refractivity contribution in [2.24, 2.45) is 10.2 Å². The molecule has 7 heteroatoms. The number of nitrogens with one attached hydrogen (secondary N) is 1. The molecule has 176 valence electrons. The Morgan fingerprint density at radius 2 is 1.33 bits per heavy atom. The first kappa shape index (κ1) is 22.9. The third-order valence-corrected chi connectivity index (χ3v) is 5.85. The van der Waals surface area contributed by atoms with Crippen molar-refractivity contribution in [3.63, 3.8) is 0 Å². The van der Waals surface area contributed by atoms with Gasteiger partial charge in [0.15, 0.2) is 0 Å². The minimum absolute atomic E-state index is 0.209. The second-order valence-corrected chi connectivity index (χ2v) is 8.58. The predicted molar refractivity (Wildman–Crippen MR) is 139 cm³/mol. The Kier molecular flexibility index (Phi) is 5.96. The summed E-state index contributed by atoms with van der Waals surface area (Å²) in [6.07, 6.45) is 0. The van der Waals surface area contributed by atoms with Gasteiger partial charge >= 0.3 is 0 Å². The summed E-state index contributed by atoms with van der Waals surface area (Å²) in [6.45, 7) is 3.90. The molecule has 0 radical (unpaired) electrons. The van der Waals surface area contributed by atoms with Gasteiger partial charge in [0.2, 0.25) is 0 Å². The standard InChI is InChI=1S/C29H22N4O3/c1-18-6-9-22(10-7-18)31-32-23-13-11-21(12-14-23)30-27(34)20-8-15-25-26(17-20)29(36)33(28(25)35)24-5-3-4-19(2)16-24/h3-17H,1-2H3,(H,30,34). The van der Waals surface area contributed by atoms with E-state index in [0.717, 1.165) is 21.7 Å². The van der Waals surface area contributed by atoms with E-state index in [4.69, 9.17) is 0 Å². The lowest BCUT2D eigenvalue weighted by Crippen LogP contribution is -2.29. The van der Waals surface area contributed by atoms with Gasteiger partial charge in [0, 0.05) is 11.3 Å². The molecule has 1 heterocycles. The summed E-state index contributed by atoms with van der Waals surface area (Å²) >= 11 is 0. The number of fused-ring (bicyclic) bond motifs is 1. The maximum absolute atomic E-state index is 13.0. The van der Waals surface area contributed by atoms with Crippen molar-refractivity contribution >= 4 is 40.5 Å². The van der Waals surface area contributed by atoms with Crippen molar-refractivity contribution in [1.29, 1.82) is 0 Å². The lowest BCUT2D eigenvalue weighted by molar-refractivity contribution is 0.0925. The van der Waals surface area contributed by atoms with Crippen molar-refractivity contribution in [1.82, 2.24) is 0 Å². The van der Waals surface area contributed by atoms with Crippen LogP contribution in [0.15, 0.2) is 101 Å². The maximum Gasteiger partial charge on any atom is 0.266 e. The van der Waals surface area contributed by atoms with Gasteiger partial charge in [0.25, 0.3) is 17.7 Å². The average Bonchev–Trinajstić information content (AvgIpc) is 3.13. The summed E-state index contributed by atoms with van der Waals surface area (Å²) in [5.41, 5.74) is 5.33. The molecule has 5 rings (SSSR count). The zero-order chi connectivity index (χ0) is 25.2. The molecule has 1 aliphatic rings. The van der Waals surface area contributed by atoms with Crippen LogP contribution in [0.5, 0.6) is 0 Å². The van der Waals surface area contributed by atoms with Crippen LogP contribution in [0.4, 0.5) is 22.7 Å². The van der Waals surface area contributed by atoms with Gasteiger partial charge in [0.05, 0.1) is 28.2 Å². The van der Waals surface area contributed by atoms with Gasteiger partial charge in [-0.3, -0.25) is 14.4 Å². The summed E-state index contributed by atoms with van der Waals surface area (Å²) in [6, 6.07) is 26.4. The summed E-state index contributed by atoms with van der Waals surface area (Å²) < 4.78 is 0. The number of hydrogen-bond donors (Lipinski definition) is 1. The van der Waals surface area contributed by atoms with E-state index in [-0.39, 0.29) is 22.6 Å². The van der Waals surface area contributed by atoms with Crippen LogP contribution in [0, 0.1) is 13.8 Å². The molecule has 1 aliphatic heterocycles. The monoisotopic (exact) mass is 474 g/mol. The Labute approximate surface area is 208 Å². The van der Waals surface area contributed by atoms with Crippen LogP contribution < -0.4 is 10.2 Å². The summed E-state index contributed by atoms with van der Waals surface area (Å²) in [5.74, 6) is -1.23. The second kappa shape index (κ2) is 9.38. The first-order valence-electron chi connectivity index (χ1n) is 11.4. The Morgan fingerprint density at radius 1 is 0.694 bits per heavy atom. The van der Waals surface area contributed by atoms with Gasteiger partial charge in [-0.2, -0.15) is 10.2 Å². The van der Waals surface area contributed by atoms with E-state index < -0.39 is 11.8 Å². The summed E-state index contributed by atoms with van der Waals surface area (Å²) in [4.78, 5) is 39.9. The van der Waals surface area contributed by atoms with Crippen molar-refractivity contribution in [3.05, 3.63) is 119 Å². The van der Waals surface area contributed by atoms with E-state index >= 15 is 0 Å². The molecule has 0 aliphatic carbocycles. The summed E-state index contributed by atoms with van der Waals surface area (Å²) in [7, 11) is 0. The number of amides is 3. The second-order valence-electron chi connectivity index (χ2n) is 8.58. The Bertz CT molecular complexity index is 1520. The number of aryl methyl sites for hydroxylation is 2. The minimum atomic E-state index is -0.446. The quantitative estimate of drug-likeness (QED) is 0.255. The van der Waals surface area contributed by atoms with E-state index in [2.05, 4.69) is 15.5 Å². The number of hydrogen-bond acceptors (Lipinski definition) is 5. The Morgan fingerprint density at radius 3 is 2.00 bits per heavy atom. The zero-order valence-electron chi connectivity index (χ0n) is 19.7. The van der Waals surface area contributed by atoms with Gasteiger partial charge in [-0.15, -0.1) is 0 Å². The fourth-order valence-electron chi connectivity index (χ4n) is 3.93. The molecule has 0 atom stereocenters. The van der Waals surface area contributed by atoms with E-state index in [0.29, 0.717) is 17.1 Å². The Balaban J connectivity index is 1.29. The lowest BCUT2D eigenvalue weighted by Gasteiger charge is -2.14.